The van der Waals surface area contributed by atoms with Gasteiger partial charge in [-0.05, 0) is 29.8 Å². The molecule has 0 bridgehead atoms. The van der Waals surface area contributed by atoms with Crippen molar-refractivity contribution in [3.8, 4) is 5.75 Å². The summed E-state index contributed by atoms with van der Waals surface area (Å²) in [5, 5.41) is 9.21. The van der Waals surface area contributed by atoms with Crippen LogP contribution >= 0.6 is 11.8 Å². The van der Waals surface area contributed by atoms with Crippen LogP contribution in [0.15, 0.2) is 89.8 Å². The van der Waals surface area contributed by atoms with E-state index in [0.29, 0.717) is 0 Å². The lowest BCUT2D eigenvalue weighted by molar-refractivity contribution is -0.121. The molecule has 3 N–H and O–H groups in total. The highest BCUT2D eigenvalue weighted by Gasteiger charge is 2.23. The molecule has 0 saturated carbocycles. The Morgan fingerprint density at radius 1 is 0.778 bits per heavy atom. The first-order valence-electron chi connectivity index (χ1n) is 8.30. The molecule has 5 nitrogen and oxygen atoms in total. The number of rotatable bonds is 5. The van der Waals surface area contributed by atoms with Crippen molar-refractivity contribution in [3.63, 3.8) is 0 Å². The number of phenols is 1. The highest BCUT2D eigenvalue weighted by Crippen LogP contribution is 2.35. The smallest absolute Gasteiger partial charge is 0.273 e. The third kappa shape index (κ3) is 4.89. The Bertz CT molecular complexity index is 917. The Morgan fingerprint density at radius 2 is 1.37 bits per heavy atom. The van der Waals surface area contributed by atoms with Crippen molar-refractivity contribution in [1.82, 2.24) is 10.9 Å². The lowest BCUT2D eigenvalue weighted by Gasteiger charge is -2.17. The molecular weight excluding hydrogens is 360 g/mol. The number of carbonyl (C=O) groups is 2. The Balaban J connectivity index is 1.73. The van der Waals surface area contributed by atoms with Crippen LogP contribution in [0.2, 0.25) is 0 Å². The maximum absolute atomic E-state index is 12.8. The van der Waals surface area contributed by atoms with E-state index >= 15 is 0 Å². The Kier molecular flexibility index (Phi) is 6.12. The number of benzene rings is 3. The monoisotopic (exact) mass is 378 g/mol. The van der Waals surface area contributed by atoms with Crippen LogP contribution in [0.1, 0.15) is 21.2 Å². The molecule has 1 unspecified atom stereocenters. The predicted molar refractivity (Wildman–Crippen MR) is 105 cm³/mol. The SMILES string of the molecule is O=C(NNC(=O)C(Sc1ccccc1)c1ccccc1)c1ccccc1O. The van der Waals surface area contributed by atoms with E-state index in [-0.39, 0.29) is 17.2 Å². The Labute approximate surface area is 161 Å². The normalized spacial score (nSPS) is 11.4. The molecule has 3 aromatic rings. The van der Waals surface area contributed by atoms with Crippen molar-refractivity contribution in [1.29, 1.82) is 0 Å². The molecular formula is C21H18N2O3S. The van der Waals surface area contributed by atoms with Crippen molar-refractivity contribution < 1.29 is 14.7 Å². The lowest BCUT2D eigenvalue weighted by Crippen LogP contribution is -2.43. The van der Waals surface area contributed by atoms with Gasteiger partial charge in [0.2, 0.25) is 0 Å². The van der Waals surface area contributed by atoms with Gasteiger partial charge in [-0.15, -0.1) is 11.8 Å². The fourth-order valence-corrected chi connectivity index (χ4v) is 3.50. The van der Waals surface area contributed by atoms with Crippen LogP contribution < -0.4 is 10.9 Å². The minimum absolute atomic E-state index is 0.0878. The number of amides is 2. The van der Waals surface area contributed by atoms with Gasteiger partial charge in [0, 0.05) is 4.90 Å². The molecule has 0 aliphatic rings. The molecule has 27 heavy (non-hydrogen) atoms. The minimum Gasteiger partial charge on any atom is -0.507 e. The Morgan fingerprint density at radius 3 is 2.04 bits per heavy atom. The first-order chi connectivity index (χ1) is 13.1. The van der Waals surface area contributed by atoms with Gasteiger partial charge in [0.15, 0.2) is 0 Å². The van der Waals surface area contributed by atoms with E-state index in [4.69, 9.17) is 0 Å². The molecule has 0 aromatic heterocycles. The van der Waals surface area contributed by atoms with Crippen LogP contribution in [0.3, 0.4) is 0 Å². The zero-order chi connectivity index (χ0) is 19.1. The highest BCUT2D eigenvalue weighted by molar-refractivity contribution is 8.00. The van der Waals surface area contributed by atoms with E-state index in [2.05, 4.69) is 10.9 Å². The van der Waals surface area contributed by atoms with E-state index in [1.54, 1.807) is 12.1 Å². The molecule has 3 rings (SSSR count). The second-order valence-electron chi connectivity index (χ2n) is 5.68. The molecule has 0 aliphatic heterocycles. The van der Waals surface area contributed by atoms with Gasteiger partial charge < -0.3 is 5.11 Å². The van der Waals surface area contributed by atoms with Gasteiger partial charge in [-0.1, -0.05) is 60.7 Å². The fraction of sp³-hybridized carbons (Fsp3) is 0.0476. The number of carbonyl (C=O) groups excluding carboxylic acids is 2. The summed E-state index contributed by atoms with van der Waals surface area (Å²) in [5.74, 6) is -1.10. The lowest BCUT2D eigenvalue weighted by atomic mass is 10.1. The molecule has 6 heteroatoms. The molecule has 1 atom stereocenters. The molecule has 0 radical (unpaired) electrons. The highest BCUT2D eigenvalue weighted by atomic mass is 32.2. The van der Waals surface area contributed by atoms with Crippen LogP contribution in [0.5, 0.6) is 5.75 Å². The van der Waals surface area contributed by atoms with Crippen LogP contribution in [0, 0.1) is 0 Å². The number of para-hydroxylation sites is 1. The maximum Gasteiger partial charge on any atom is 0.273 e. The minimum atomic E-state index is -0.585. The second kappa shape index (κ2) is 8.91. The van der Waals surface area contributed by atoms with Crippen LogP contribution in [-0.2, 0) is 4.79 Å². The summed E-state index contributed by atoms with van der Waals surface area (Å²) >= 11 is 1.39. The van der Waals surface area contributed by atoms with E-state index < -0.39 is 11.2 Å². The van der Waals surface area contributed by atoms with Crippen molar-refractivity contribution >= 4 is 23.6 Å². The van der Waals surface area contributed by atoms with Gasteiger partial charge in [-0.2, -0.15) is 0 Å². The average Bonchev–Trinajstić information content (AvgIpc) is 2.72. The molecule has 0 fully saturated rings. The summed E-state index contributed by atoms with van der Waals surface area (Å²) in [6.45, 7) is 0. The maximum atomic E-state index is 12.8. The molecule has 0 heterocycles. The van der Waals surface area contributed by atoms with Crippen molar-refractivity contribution in [2.24, 2.45) is 0 Å². The van der Waals surface area contributed by atoms with Gasteiger partial charge in [-0.25, -0.2) is 0 Å². The van der Waals surface area contributed by atoms with E-state index in [9.17, 15) is 14.7 Å². The number of phenolic OH excluding ortho intramolecular Hbond substituents is 1. The van der Waals surface area contributed by atoms with Crippen LogP contribution in [0.4, 0.5) is 0 Å². The first kappa shape index (κ1) is 18.5. The topological polar surface area (TPSA) is 78.4 Å². The number of nitrogens with one attached hydrogen (secondary N) is 2. The summed E-state index contributed by atoms with van der Waals surface area (Å²) in [6, 6.07) is 25.0. The van der Waals surface area contributed by atoms with Gasteiger partial charge in [0.25, 0.3) is 11.8 Å². The fourth-order valence-electron chi connectivity index (χ4n) is 2.45. The number of hydrogen-bond acceptors (Lipinski definition) is 4. The Hall–Kier alpha value is -3.25. The summed E-state index contributed by atoms with van der Waals surface area (Å²) in [7, 11) is 0. The van der Waals surface area contributed by atoms with E-state index in [1.807, 2.05) is 60.7 Å². The summed E-state index contributed by atoms with van der Waals surface area (Å²) in [5.41, 5.74) is 5.73. The molecule has 0 aliphatic carbocycles. The second-order valence-corrected chi connectivity index (χ2v) is 6.86. The largest absolute Gasteiger partial charge is 0.507 e. The number of aromatic hydroxyl groups is 1. The van der Waals surface area contributed by atoms with Crippen LogP contribution in [0.25, 0.3) is 0 Å². The zero-order valence-corrected chi connectivity index (χ0v) is 15.1. The standard InChI is InChI=1S/C21H18N2O3S/c24-18-14-8-7-13-17(18)20(25)22-23-21(26)19(15-9-3-1-4-10-15)27-16-11-5-2-6-12-16/h1-14,19,24H,(H,22,25)(H,23,26). The number of hydrogen-bond donors (Lipinski definition) is 3. The molecule has 136 valence electrons. The van der Waals surface area contributed by atoms with Crippen molar-refractivity contribution in [2.45, 2.75) is 10.1 Å². The third-order valence-electron chi connectivity index (χ3n) is 3.79. The average molecular weight is 378 g/mol. The van der Waals surface area contributed by atoms with Crippen molar-refractivity contribution in [2.75, 3.05) is 0 Å². The summed E-state index contributed by atoms with van der Waals surface area (Å²) in [4.78, 5) is 25.9. The van der Waals surface area contributed by atoms with Gasteiger partial charge in [0.05, 0.1) is 5.56 Å². The van der Waals surface area contributed by atoms with E-state index in [1.165, 1.54) is 23.9 Å². The van der Waals surface area contributed by atoms with E-state index in [0.717, 1.165) is 10.5 Å². The van der Waals surface area contributed by atoms with Gasteiger partial charge in [0.1, 0.15) is 11.0 Å². The third-order valence-corrected chi connectivity index (χ3v) is 5.05. The summed E-state index contributed by atoms with van der Waals surface area (Å²) < 4.78 is 0. The number of thioether (sulfide) groups is 1. The van der Waals surface area contributed by atoms with Crippen LogP contribution in [-0.4, -0.2) is 16.9 Å². The molecule has 0 spiro atoms. The predicted octanol–water partition coefficient (Wildman–Crippen LogP) is 3.69. The zero-order valence-electron chi connectivity index (χ0n) is 14.3. The molecule has 2 amide bonds. The molecule has 0 saturated heterocycles. The summed E-state index contributed by atoms with van der Waals surface area (Å²) in [6.07, 6.45) is 0. The quantitative estimate of drug-likeness (QED) is 0.467. The van der Waals surface area contributed by atoms with Crippen molar-refractivity contribution in [3.05, 3.63) is 96.1 Å². The van der Waals surface area contributed by atoms with Gasteiger partial charge in [-0.3, -0.25) is 20.4 Å². The first-order valence-corrected chi connectivity index (χ1v) is 9.18. The van der Waals surface area contributed by atoms with Gasteiger partial charge >= 0.3 is 0 Å². The molecule has 3 aromatic carbocycles. The number of hydrazine groups is 1.